The summed E-state index contributed by atoms with van der Waals surface area (Å²) in [7, 11) is 0. The first-order chi connectivity index (χ1) is 14.3. The maximum Gasteiger partial charge on any atom is 0.277 e. The zero-order valence-corrected chi connectivity index (χ0v) is 17.3. The smallest absolute Gasteiger partial charge is 0.277 e. The number of rotatable bonds is 4. The van der Waals surface area contributed by atoms with Gasteiger partial charge in [-0.15, -0.1) is 0 Å². The van der Waals surface area contributed by atoms with Gasteiger partial charge in [-0.2, -0.15) is 5.10 Å². The van der Waals surface area contributed by atoms with Gasteiger partial charge in [0.1, 0.15) is 17.1 Å². The molecule has 2 aromatic carbocycles. The Labute approximate surface area is 178 Å². The molecular formula is C22H20ClFN4O2. The van der Waals surface area contributed by atoms with Crippen molar-refractivity contribution < 1.29 is 14.0 Å². The fourth-order valence-electron chi connectivity index (χ4n) is 3.68. The topological polar surface area (TPSA) is 67.2 Å². The number of fused-ring (bicyclic) bond motifs is 1. The van der Waals surface area contributed by atoms with Crippen molar-refractivity contribution in [2.75, 3.05) is 4.90 Å². The van der Waals surface area contributed by atoms with Gasteiger partial charge in [0.2, 0.25) is 5.91 Å². The van der Waals surface area contributed by atoms with Crippen LogP contribution in [0.25, 0.3) is 0 Å². The fraction of sp³-hybridized carbons (Fsp3) is 0.227. The van der Waals surface area contributed by atoms with E-state index in [1.807, 2.05) is 12.1 Å². The second-order valence-electron chi connectivity index (χ2n) is 7.53. The average Bonchev–Trinajstić information content (AvgIpc) is 3.09. The molecule has 1 aliphatic heterocycles. The van der Waals surface area contributed by atoms with Gasteiger partial charge >= 0.3 is 0 Å². The van der Waals surface area contributed by atoms with Gasteiger partial charge in [-0.25, -0.2) is 4.39 Å². The van der Waals surface area contributed by atoms with Gasteiger partial charge in [0, 0.05) is 17.3 Å². The summed E-state index contributed by atoms with van der Waals surface area (Å²) >= 11 is 5.91. The molecule has 0 aliphatic carbocycles. The Kier molecular flexibility index (Phi) is 5.07. The highest BCUT2D eigenvalue weighted by atomic mass is 35.5. The third-order valence-electron chi connectivity index (χ3n) is 5.22. The lowest BCUT2D eigenvalue weighted by Gasteiger charge is -2.43. The van der Waals surface area contributed by atoms with Crippen molar-refractivity contribution >= 4 is 29.1 Å². The van der Waals surface area contributed by atoms with Crippen LogP contribution in [0.4, 0.5) is 10.1 Å². The summed E-state index contributed by atoms with van der Waals surface area (Å²) in [6.45, 7) is 3.93. The minimum atomic E-state index is -1.26. The van der Waals surface area contributed by atoms with Crippen molar-refractivity contribution in [2.45, 2.75) is 32.5 Å². The number of benzene rings is 2. The number of nitrogens with one attached hydrogen (secondary N) is 1. The zero-order chi connectivity index (χ0) is 21.5. The van der Waals surface area contributed by atoms with Gasteiger partial charge < -0.3 is 5.32 Å². The van der Waals surface area contributed by atoms with Crippen molar-refractivity contribution in [3.8, 4) is 0 Å². The second-order valence-corrected chi connectivity index (χ2v) is 7.97. The third-order valence-corrected chi connectivity index (χ3v) is 5.47. The number of nitrogens with zero attached hydrogens (tertiary/aromatic N) is 3. The molecule has 0 radical (unpaired) electrons. The van der Waals surface area contributed by atoms with Crippen LogP contribution in [0, 0.1) is 12.7 Å². The number of carbonyl (C=O) groups excluding carboxylic acids is 2. The van der Waals surface area contributed by atoms with Crippen LogP contribution < -0.4 is 10.2 Å². The summed E-state index contributed by atoms with van der Waals surface area (Å²) in [6.07, 6.45) is 0. The molecule has 2 heterocycles. The van der Waals surface area contributed by atoms with Crippen molar-refractivity contribution in [3.63, 3.8) is 0 Å². The maximum absolute atomic E-state index is 13.5. The molecule has 1 unspecified atom stereocenters. The molecule has 30 heavy (non-hydrogen) atoms. The highest BCUT2D eigenvalue weighted by molar-refractivity contribution is 6.30. The largest absolute Gasteiger partial charge is 0.350 e. The van der Waals surface area contributed by atoms with Crippen molar-refractivity contribution in [1.29, 1.82) is 0 Å². The molecule has 1 N–H and O–H groups in total. The summed E-state index contributed by atoms with van der Waals surface area (Å²) in [6, 6.07) is 14.4. The molecule has 2 amide bonds. The third kappa shape index (κ3) is 3.57. The number of aryl methyl sites for hydroxylation is 1. The van der Waals surface area contributed by atoms with E-state index in [0.717, 1.165) is 5.56 Å². The Hall–Kier alpha value is -3.19. The first-order valence-electron chi connectivity index (χ1n) is 9.45. The van der Waals surface area contributed by atoms with Crippen LogP contribution in [-0.2, 0) is 17.9 Å². The standard InChI is InChI=1S/C22H20ClFN4O2/c1-14-11-19-20(29)28(18-9-7-17(24)8-10-18)22(2,13-27(19)26-14)21(30)25-12-15-3-5-16(23)6-4-15/h3-11H,12-13H2,1-2H3,(H,25,30). The van der Waals surface area contributed by atoms with Crippen molar-refractivity contribution in [2.24, 2.45) is 0 Å². The molecule has 1 aliphatic rings. The molecule has 0 spiro atoms. The highest BCUT2D eigenvalue weighted by Gasteiger charge is 2.48. The molecule has 1 aromatic heterocycles. The minimum absolute atomic E-state index is 0.172. The summed E-state index contributed by atoms with van der Waals surface area (Å²) < 4.78 is 15.0. The average molecular weight is 427 g/mol. The Morgan fingerprint density at radius 3 is 2.53 bits per heavy atom. The molecule has 3 aromatic rings. The molecule has 0 saturated heterocycles. The molecule has 1 atom stereocenters. The summed E-state index contributed by atoms with van der Waals surface area (Å²) in [5, 5.41) is 7.88. The van der Waals surface area contributed by atoms with Crippen molar-refractivity contribution in [3.05, 3.63) is 82.4 Å². The van der Waals surface area contributed by atoms with Crippen LogP contribution in [0.5, 0.6) is 0 Å². The molecule has 0 fully saturated rings. The van der Waals surface area contributed by atoms with E-state index in [1.54, 1.807) is 36.7 Å². The minimum Gasteiger partial charge on any atom is -0.350 e. The Balaban J connectivity index is 1.69. The summed E-state index contributed by atoms with van der Waals surface area (Å²) in [4.78, 5) is 28.1. The van der Waals surface area contributed by atoms with Gasteiger partial charge in [-0.1, -0.05) is 23.7 Å². The monoisotopic (exact) mass is 426 g/mol. The van der Waals surface area contributed by atoms with Crippen LogP contribution in [-0.4, -0.2) is 27.1 Å². The number of carbonyl (C=O) groups is 2. The van der Waals surface area contributed by atoms with E-state index in [-0.39, 0.29) is 24.9 Å². The fourth-order valence-corrected chi connectivity index (χ4v) is 3.81. The summed E-state index contributed by atoms with van der Waals surface area (Å²) in [5.41, 5.74) is 1.13. The number of hydrogen-bond donors (Lipinski definition) is 1. The van der Waals surface area contributed by atoms with Gasteiger partial charge in [0.05, 0.1) is 12.2 Å². The number of hydrogen-bond acceptors (Lipinski definition) is 3. The van der Waals surface area contributed by atoms with Gasteiger partial charge in [-0.3, -0.25) is 19.2 Å². The van der Waals surface area contributed by atoms with Gasteiger partial charge in [0.25, 0.3) is 5.91 Å². The first-order valence-corrected chi connectivity index (χ1v) is 9.83. The van der Waals surface area contributed by atoms with E-state index < -0.39 is 11.4 Å². The van der Waals surface area contributed by atoms with Crippen molar-refractivity contribution in [1.82, 2.24) is 15.1 Å². The number of aromatic nitrogens is 2. The van der Waals surface area contributed by atoms with E-state index in [2.05, 4.69) is 10.4 Å². The van der Waals surface area contributed by atoms with Crippen LogP contribution in [0.1, 0.15) is 28.7 Å². The Morgan fingerprint density at radius 2 is 1.87 bits per heavy atom. The van der Waals surface area contributed by atoms with Crippen LogP contribution in [0.2, 0.25) is 5.02 Å². The lowest BCUT2D eigenvalue weighted by molar-refractivity contribution is -0.126. The van der Waals surface area contributed by atoms with E-state index in [4.69, 9.17) is 11.6 Å². The van der Waals surface area contributed by atoms with Crippen LogP contribution in [0.3, 0.4) is 0 Å². The molecule has 8 heteroatoms. The van der Waals surface area contributed by atoms with Gasteiger partial charge in [-0.05, 0) is 61.9 Å². The molecule has 0 saturated carbocycles. The Bertz CT molecular complexity index is 1110. The lowest BCUT2D eigenvalue weighted by atomic mass is 9.94. The molecule has 6 nitrogen and oxygen atoms in total. The number of amides is 2. The summed E-state index contributed by atoms with van der Waals surface area (Å²) in [5.74, 6) is -1.12. The van der Waals surface area contributed by atoms with E-state index in [9.17, 15) is 14.0 Å². The molecule has 4 rings (SSSR count). The number of anilines is 1. The molecule has 154 valence electrons. The van der Waals surface area contributed by atoms with Crippen LogP contribution in [0.15, 0.2) is 54.6 Å². The predicted molar refractivity (Wildman–Crippen MR) is 112 cm³/mol. The van der Waals surface area contributed by atoms with E-state index in [1.165, 1.54) is 29.2 Å². The Morgan fingerprint density at radius 1 is 1.20 bits per heavy atom. The predicted octanol–water partition coefficient (Wildman–Crippen LogP) is 3.72. The molecular weight excluding hydrogens is 407 g/mol. The van der Waals surface area contributed by atoms with E-state index in [0.29, 0.717) is 22.1 Å². The first kappa shape index (κ1) is 20.1. The number of halogens is 2. The zero-order valence-electron chi connectivity index (χ0n) is 16.5. The second kappa shape index (κ2) is 7.57. The highest BCUT2D eigenvalue weighted by Crippen LogP contribution is 2.33. The molecule has 0 bridgehead atoms. The van der Waals surface area contributed by atoms with Crippen LogP contribution >= 0.6 is 11.6 Å². The SMILES string of the molecule is Cc1cc2n(n1)CC(C)(C(=O)NCc1ccc(Cl)cc1)N(c1ccc(F)cc1)C2=O. The lowest BCUT2D eigenvalue weighted by Crippen LogP contribution is -2.64. The van der Waals surface area contributed by atoms with E-state index >= 15 is 0 Å². The quantitative estimate of drug-likeness (QED) is 0.691. The maximum atomic E-state index is 13.5. The normalized spacial score (nSPS) is 18.3. The van der Waals surface area contributed by atoms with Gasteiger partial charge in [0.15, 0.2) is 0 Å².